The van der Waals surface area contributed by atoms with Crippen LogP contribution in [0, 0.1) is 5.82 Å². The van der Waals surface area contributed by atoms with E-state index in [0.29, 0.717) is 16.7 Å². The van der Waals surface area contributed by atoms with Crippen LogP contribution in [-0.4, -0.2) is 0 Å². The maximum atomic E-state index is 13.0. The van der Waals surface area contributed by atoms with Crippen LogP contribution in [-0.2, 0) is 0 Å². The Labute approximate surface area is 113 Å². The maximum absolute atomic E-state index is 13.0. The summed E-state index contributed by atoms with van der Waals surface area (Å²) in [6, 6.07) is 12.8. The second-order valence-electron chi connectivity index (χ2n) is 4.11. The van der Waals surface area contributed by atoms with Crippen LogP contribution in [0.2, 0.25) is 5.02 Å². The van der Waals surface area contributed by atoms with Crippen LogP contribution in [0.5, 0.6) is 0 Å². The van der Waals surface area contributed by atoms with Gasteiger partial charge in [0.2, 0.25) is 0 Å². The highest BCUT2D eigenvalue weighted by Crippen LogP contribution is 2.29. The third kappa shape index (κ3) is 2.13. The van der Waals surface area contributed by atoms with Gasteiger partial charge in [-0.05, 0) is 35.7 Å². The van der Waals surface area contributed by atoms with E-state index >= 15 is 0 Å². The lowest BCUT2D eigenvalue weighted by Gasteiger charge is -2.04. The lowest BCUT2D eigenvalue weighted by atomic mass is 10.1. The van der Waals surface area contributed by atoms with Gasteiger partial charge in [-0.1, -0.05) is 29.8 Å². The molecular formula is C15H8ClFO2. The summed E-state index contributed by atoms with van der Waals surface area (Å²) in [5.41, 5.74) is 0.0550. The van der Waals surface area contributed by atoms with Crippen molar-refractivity contribution in [2.45, 2.75) is 0 Å². The minimum absolute atomic E-state index is 0.207. The maximum Gasteiger partial charge on any atom is 0.344 e. The average Bonchev–Trinajstić information content (AvgIpc) is 2.38. The van der Waals surface area contributed by atoms with Crippen molar-refractivity contribution in [3.05, 3.63) is 69.8 Å². The quantitative estimate of drug-likeness (QED) is 0.664. The van der Waals surface area contributed by atoms with Crippen molar-refractivity contribution >= 4 is 22.4 Å². The van der Waals surface area contributed by atoms with E-state index in [1.807, 2.05) is 12.1 Å². The lowest BCUT2D eigenvalue weighted by Crippen LogP contribution is -2.00. The fourth-order valence-corrected chi connectivity index (χ4v) is 2.22. The fourth-order valence-electron chi connectivity index (χ4n) is 1.96. The molecule has 0 fully saturated rings. The van der Waals surface area contributed by atoms with Gasteiger partial charge in [-0.3, -0.25) is 0 Å². The van der Waals surface area contributed by atoms with Gasteiger partial charge in [0, 0.05) is 5.56 Å². The normalized spacial score (nSPS) is 10.8. The van der Waals surface area contributed by atoms with Crippen LogP contribution < -0.4 is 5.63 Å². The van der Waals surface area contributed by atoms with Gasteiger partial charge in [-0.25, -0.2) is 9.18 Å². The molecule has 0 aliphatic carbocycles. The number of rotatable bonds is 1. The first-order chi connectivity index (χ1) is 9.15. The van der Waals surface area contributed by atoms with Gasteiger partial charge in [0.25, 0.3) is 0 Å². The molecule has 1 aromatic heterocycles. The van der Waals surface area contributed by atoms with Gasteiger partial charge in [-0.2, -0.15) is 0 Å². The third-order valence-electron chi connectivity index (χ3n) is 2.87. The predicted molar refractivity (Wildman–Crippen MR) is 72.9 cm³/mol. The van der Waals surface area contributed by atoms with E-state index in [9.17, 15) is 9.18 Å². The number of halogens is 2. The zero-order chi connectivity index (χ0) is 13.4. The molecule has 94 valence electrons. The molecule has 0 radical (unpaired) electrons. The number of benzene rings is 2. The molecular weight excluding hydrogens is 267 g/mol. The van der Waals surface area contributed by atoms with Crippen molar-refractivity contribution in [3.63, 3.8) is 0 Å². The topological polar surface area (TPSA) is 30.2 Å². The predicted octanol–water partition coefficient (Wildman–Crippen LogP) is 4.25. The first kappa shape index (κ1) is 11.9. The Kier molecular flexibility index (Phi) is 2.84. The van der Waals surface area contributed by atoms with Crippen LogP contribution in [0.15, 0.2) is 57.7 Å². The summed E-state index contributed by atoms with van der Waals surface area (Å²) in [6.45, 7) is 0. The number of hydrogen-bond acceptors (Lipinski definition) is 2. The van der Waals surface area contributed by atoms with Crippen LogP contribution >= 0.6 is 11.6 Å². The highest BCUT2D eigenvalue weighted by atomic mass is 35.5. The van der Waals surface area contributed by atoms with Crippen molar-refractivity contribution in [2.75, 3.05) is 0 Å². The molecule has 3 rings (SSSR count). The minimum Gasteiger partial charge on any atom is -0.422 e. The molecule has 4 heteroatoms. The van der Waals surface area contributed by atoms with E-state index < -0.39 is 11.4 Å². The van der Waals surface area contributed by atoms with Crippen molar-refractivity contribution in [1.29, 1.82) is 0 Å². The summed E-state index contributed by atoms with van der Waals surface area (Å²) in [5, 5.41) is 1.47. The van der Waals surface area contributed by atoms with Gasteiger partial charge in [0.05, 0.1) is 10.4 Å². The van der Waals surface area contributed by atoms with E-state index in [1.54, 1.807) is 18.2 Å². The standard InChI is InChI=1S/C15H8ClFO2/c16-13-8-10(17)5-6-12(13)14-7-9-3-1-2-4-11(9)15(18)19-14/h1-8H. The van der Waals surface area contributed by atoms with Crippen LogP contribution in [0.3, 0.4) is 0 Å². The summed E-state index contributed by atoms with van der Waals surface area (Å²) >= 11 is 5.97. The SMILES string of the molecule is O=c1oc(-c2ccc(F)cc2Cl)cc2ccccc12. The summed E-state index contributed by atoms with van der Waals surface area (Å²) in [6.07, 6.45) is 0. The molecule has 2 nitrogen and oxygen atoms in total. The number of hydrogen-bond donors (Lipinski definition) is 0. The lowest BCUT2D eigenvalue weighted by molar-refractivity contribution is 0.534. The molecule has 0 amide bonds. The van der Waals surface area contributed by atoms with Crippen molar-refractivity contribution in [1.82, 2.24) is 0 Å². The first-order valence-electron chi connectivity index (χ1n) is 5.63. The molecule has 3 aromatic rings. The molecule has 0 saturated carbocycles. The molecule has 2 aromatic carbocycles. The highest BCUT2D eigenvalue weighted by Gasteiger charge is 2.10. The van der Waals surface area contributed by atoms with Crippen molar-refractivity contribution < 1.29 is 8.81 Å². The molecule has 19 heavy (non-hydrogen) atoms. The van der Waals surface area contributed by atoms with E-state index in [-0.39, 0.29) is 5.02 Å². The molecule has 1 heterocycles. The minimum atomic E-state index is -0.437. The number of fused-ring (bicyclic) bond motifs is 1. The fraction of sp³-hybridized carbons (Fsp3) is 0. The van der Waals surface area contributed by atoms with Gasteiger partial charge in [0.15, 0.2) is 0 Å². The Hall–Kier alpha value is -2.13. The largest absolute Gasteiger partial charge is 0.422 e. The Morgan fingerprint density at radius 3 is 2.63 bits per heavy atom. The van der Waals surface area contributed by atoms with E-state index in [2.05, 4.69) is 0 Å². The zero-order valence-corrected chi connectivity index (χ0v) is 10.4. The molecule has 0 aliphatic heterocycles. The molecule has 0 atom stereocenters. The Bertz CT molecular complexity index is 824. The summed E-state index contributed by atoms with van der Waals surface area (Å²) < 4.78 is 18.3. The molecule has 0 N–H and O–H groups in total. The molecule has 0 bridgehead atoms. The summed E-state index contributed by atoms with van der Waals surface area (Å²) in [5.74, 6) is -0.106. The van der Waals surface area contributed by atoms with Gasteiger partial charge < -0.3 is 4.42 Å². The van der Waals surface area contributed by atoms with Crippen molar-refractivity contribution in [3.8, 4) is 11.3 Å². The zero-order valence-electron chi connectivity index (χ0n) is 9.69. The van der Waals surface area contributed by atoms with E-state index in [0.717, 1.165) is 5.39 Å². The van der Waals surface area contributed by atoms with Crippen LogP contribution in [0.1, 0.15) is 0 Å². The second kappa shape index (κ2) is 4.52. The Morgan fingerprint density at radius 2 is 1.84 bits per heavy atom. The molecule has 0 unspecified atom stereocenters. The molecule has 0 spiro atoms. The summed E-state index contributed by atoms with van der Waals surface area (Å²) in [7, 11) is 0. The second-order valence-corrected chi connectivity index (χ2v) is 4.52. The van der Waals surface area contributed by atoms with Gasteiger partial charge >= 0.3 is 5.63 Å². The Balaban J connectivity index is 2.28. The van der Waals surface area contributed by atoms with Gasteiger partial charge in [0.1, 0.15) is 11.6 Å². The van der Waals surface area contributed by atoms with Crippen molar-refractivity contribution in [2.24, 2.45) is 0 Å². The Morgan fingerprint density at radius 1 is 1.05 bits per heavy atom. The highest BCUT2D eigenvalue weighted by molar-refractivity contribution is 6.33. The smallest absolute Gasteiger partial charge is 0.344 e. The van der Waals surface area contributed by atoms with Gasteiger partial charge in [-0.15, -0.1) is 0 Å². The van der Waals surface area contributed by atoms with E-state index in [4.69, 9.17) is 16.0 Å². The molecule has 0 aliphatic rings. The van der Waals surface area contributed by atoms with E-state index in [1.165, 1.54) is 18.2 Å². The summed E-state index contributed by atoms with van der Waals surface area (Å²) in [4.78, 5) is 11.9. The third-order valence-corrected chi connectivity index (χ3v) is 3.18. The first-order valence-corrected chi connectivity index (χ1v) is 6.01. The monoisotopic (exact) mass is 274 g/mol. The average molecular weight is 275 g/mol. The molecule has 0 saturated heterocycles. The van der Waals surface area contributed by atoms with Crippen LogP contribution in [0.25, 0.3) is 22.1 Å². The van der Waals surface area contributed by atoms with Crippen LogP contribution in [0.4, 0.5) is 4.39 Å².